The van der Waals surface area contributed by atoms with Crippen LogP contribution >= 0.6 is 0 Å². The lowest BCUT2D eigenvalue weighted by molar-refractivity contribution is 1.50. The van der Waals surface area contributed by atoms with Crippen molar-refractivity contribution in [1.29, 1.82) is 0 Å². The van der Waals surface area contributed by atoms with E-state index in [1.165, 1.54) is 0 Å². The Kier molecular flexibility index (Phi) is 45.9. The molecular weight excluding hydrogens is 180 g/mol. The summed E-state index contributed by atoms with van der Waals surface area (Å²) in [6.45, 7) is 26.9. The largest absolute Gasteiger partial charge is 0.106 e. The molecule has 0 radical (unpaired) electrons. The standard InChI is InChI=1S/C9H12.2C2H6.C2H4/c1-5-8(4)9(6-2)7-3;3*1-2/h5-7H,1-2,4H2,3H3;2*1-2H3;1-2H2/b9-7-;;;. The number of rotatable bonds is 3. The SMILES string of the molecule is C=C.C=CC(=C)/C(C=C)=C\C.CC.CC. The highest BCUT2D eigenvalue weighted by molar-refractivity contribution is 5.42. The van der Waals surface area contributed by atoms with E-state index in [-0.39, 0.29) is 0 Å². The minimum atomic E-state index is 0.924. The van der Waals surface area contributed by atoms with Crippen LogP contribution in [0.1, 0.15) is 34.6 Å². The van der Waals surface area contributed by atoms with Crippen LogP contribution in [0.5, 0.6) is 0 Å². The monoisotopic (exact) mass is 208 g/mol. The van der Waals surface area contributed by atoms with Crippen LogP contribution in [0, 0.1) is 0 Å². The average Bonchev–Trinajstić information content (AvgIpc) is 2.37. The highest BCUT2D eigenvalue weighted by Gasteiger charge is 1.88. The van der Waals surface area contributed by atoms with Crippen molar-refractivity contribution < 1.29 is 0 Å². The minimum Gasteiger partial charge on any atom is -0.106 e. The summed E-state index contributed by atoms with van der Waals surface area (Å²) >= 11 is 0. The van der Waals surface area contributed by atoms with Gasteiger partial charge in [-0.3, -0.25) is 0 Å². The molecule has 0 aromatic rings. The Labute approximate surface area is 97.4 Å². The zero-order chi connectivity index (χ0) is 13.3. The third kappa shape index (κ3) is 19.2. The van der Waals surface area contributed by atoms with Gasteiger partial charge in [-0.1, -0.05) is 65.7 Å². The topological polar surface area (TPSA) is 0 Å². The quantitative estimate of drug-likeness (QED) is 0.411. The first-order chi connectivity index (χ1) is 7.26. The lowest BCUT2D eigenvalue weighted by Gasteiger charge is -1.96. The zero-order valence-corrected chi connectivity index (χ0v) is 11.3. The predicted octanol–water partition coefficient (Wildman–Crippen LogP) is 5.72. The average molecular weight is 208 g/mol. The molecule has 0 saturated carbocycles. The fraction of sp³-hybridized carbons (Fsp3) is 0.333. The molecule has 0 aromatic carbocycles. The van der Waals surface area contributed by atoms with Gasteiger partial charge in [0.05, 0.1) is 0 Å². The molecule has 88 valence electrons. The lowest BCUT2D eigenvalue weighted by Crippen LogP contribution is -1.76. The zero-order valence-electron chi connectivity index (χ0n) is 11.3. The number of allylic oxidation sites excluding steroid dienone is 5. The predicted molar refractivity (Wildman–Crippen MR) is 77.2 cm³/mol. The van der Waals surface area contributed by atoms with Gasteiger partial charge in [-0.25, -0.2) is 0 Å². The Morgan fingerprint density at radius 2 is 1.20 bits per heavy atom. The summed E-state index contributed by atoms with van der Waals surface area (Å²) in [6.07, 6.45) is 5.44. The van der Waals surface area contributed by atoms with Crippen molar-refractivity contribution in [2.45, 2.75) is 34.6 Å². The van der Waals surface area contributed by atoms with Crippen molar-refractivity contribution in [3.63, 3.8) is 0 Å². The molecule has 0 amide bonds. The molecule has 0 atom stereocenters. The maximum Gasteiger partial charge on any atom is -0.0239 e. The van der Waals surface area contributed by atoms with E-state index in [1.807, 2.05) is 40.7 Å². The highest BCUT2D eigenvalue weighted by atomic mass is 13.9. The lowest BCUT2D eigenvalue weighted by atomic mass is 10.1. The Balaban J connectivity index is -0.0000000860. The van der Waals surface area contributed by atoms with Crippen LogP contribution in [0.3, 0.4) is 0 Å². The molecule has 0 saturated heterocycles. The van der Waals surface area contributed by atoms with E-state index in [9.17, 15) is 0 Å². The summed E-state index contributed by atoms with van der Waals surface area (Å²) in [6, 6.07) is 0. The third-order valence-corrected chi connectivity index (χ3v) is 1.15. The van der Waals surface area contributed by atoms with E-state index in [0.29, 0.717) is 0 Å². The summed E-state index contributed by atoms with van der Waals surface area (Å²) in [5.41, 5.74) is 1.97. The Bertz CT molecular complexity index is 170. The second kappa shape index (κ2) is 29.3. The van der Waals surface area contributed by atoms with Gasteiger partial charge in [-0.2, -0.15) is 0 Å². The third-order valence-electron chi connectivity index (χ3n) is 1.15. The summed E-state index contributed by atoms with van der Waals surface area (Å²) in [7, 11) is 0. The van der Waals surface area contributed by atoms with E-state index in [4.69, 9.17) is 0 Å². The molecule has 0 rings (SSSR count). The van der Waals surface area contributed by atoms with Crippen molar-refractivity contribution >= 4 is 0 Å². The van der Waals surface area contributed by atoms with Gasteiger partial charge in [0.25, 0.3) is 0 Å². The maximum atomic E-state index is 3.76. The van der Waals surface area contributed by atoms with Gasteiger partial charge in [0, 0.05) is 0 Å². The van der Waals surface area contributed by atoms with Crippen LogP contribution in [-0.2, 0) is 0 Å². The minimum absolute atomic E-state index is 0.924. The normalized spacial score (nSPS) is 7.40. The molecule has 0 heteroatoms. The molecule has 0 aromatic heterocycles. The first kappa shape index (κ1) is 23.5. The summed E-state index contributed by atoms with van der Waals surface area (Å²) in [5.74, 6) is 0. The Hall–Kier alpha value is -1.30. The second-order valence-electron chi connectivity index (χ2n) is 1.68. The van der Waals surface area contributed by atoms with Gasteiger partial charge in [0.1, 0.15) is 0 Å². The van der Waals surface area contributed by atoms with Crippen LogP contribution in [-0.4, -0.2) is 0 Å². The Morgan fingerprint density at radius 3 is 1.27 bits per heavy atom. The maximum absolute atomic E-state index is 3.76. The summed E-state index contributed by atoms with van der Waals surface area (Å²) in [4.78, 5) is 0. The first-order valence-corrected chi connectivity index (χ1v) is 5.36. The molecule has 0 aliphatic rings. The van der Waals surface area contributed by atoms with Gasteiger partial charge in [-0.05, 0) is 18.1 Å². The number of hydrogen-bond donors (Lipinski definition) is 0. The fourth-order valence-electron chi connectivity index (χ4n) is 0.552. The molecule has 15 heavy (non-hydrogen) atoms. The van der Waals surface area contributed by atoms with Crippen LogP contribution in [0.4, 0.5) is 0 Å². The molecule has 0 N–H and O–H groups in total. The Morgan fingerprint density at radius 1 is 0.867 bits per heavy atom. The smallest absolute Gasteiger partial charge is 0.0239 e. The second-order valence-corrected chi connectivity index (χ2v) is 1.68. The van der Waals surface area contributed by atoms with E-state index < -0.39 is 0 Å². The van der Waals surface area contributed by atoms with E-state index in [0.717, 1.165) is 11.1 Å². The van der Waals surface area contributed by atoms with E-state index in [2.05, 4.69) is 32.9 Å². The molecule has 0 fully saturated rings. The van der Waals surface area contributed by atoms with Crippen molar-refractivity contribution in [3.8, 4) is 0 Å². The van der Waals surface area contributed by atoms with Crippen molar-refractivity contribution in [1.82, 2.24) is 0 Å². The van der Waals surface area contributed by atoms with Gasteiger partial charge < -0.3 is 0 Å². The van der Waals surface area contributed by atoms with Crippen LogP contribution in [0.15, 0.2) is 62.3 Å². The van der Waals surface area contributed by atoms with Gasteiger partial charge in [0.15, 0.2) is 0 Å². The molecule has 0 heterocycles. The summed E-state index contributed by atoms with van der Waals surface area (Å²) < 4.78 is 0. The van der Waals surface area contributed by atoms with Crippen molar-refractivity contribution in [2.75, 3.05) is 0 Å². The van der Waals surface area contributed by atoms with E-state index >= 15 is 0 Å². The van der Waals surface area contributed by atoms with Crippen LogP contribution < -0.4 is 0 Å². The van der Waals surface area contributed by atoms with Gasteiger partial charge in [0.2, 0.25) is 0 Å². The molecule has 0 spiro atoms. The van der Waals surface area contributed by atoms with E-state index in [1.54, 1.807) is 12.2 Å². The van der Waals surface area contributed by atoms with Crippen LogP contribution in [0.25, 0.3) is 0 Å². The fourth-order valence-corrected chi connectivity index (χ4v) is 0.552. The molecular formula is C15H28. The summed E-state index contributed by atoms with van der Waals surface area (Å²) in [5, 5.41) is 0. The molecule has 0 nitrogen and oxygen atoms in total. The molecule has 0 bridgehead atoms. The molecule has 0 aliphatic carbocycles. The van der Waals surface area contributed by atoms with Crippen LogP contribution in [0.2, 0.25) is 0 Å². The van der Waals surface area contributed by atoms with Crippen molar-refractivity contribution in [3.05, 3.63) is 62.3 Å². The van der Waals surface area contributed by atoms with Gasteiger partial charge >= 0.3 is 0 Å². The molecule has 0 aliphatic heterocycles. The van der Waals surface area contributed by atoms with Crippen molar-refractivity contribution in [2.24, 2.45) is 0 Å². The first-order valence-electron chi connectivity index (χ1n) is 5.36. The highest BCUT2D eigenvalue weighted by Crippen LogP contribution is 2.07. The molecule has 0 unspecified atom stereocenters. The number of hydrogen-bond acceptors (Lipinski definition) is 0. The van der Waals surface area contributed by atoms with Gasteiger partial charge in [-0.15, -0.1) is 13.2 Å².